The fourth-order valence-corrected chi connectivity index (χ4v) is 6.16. The number of aromatic nitrogens is 2. The number of benzene rings is 2. The van der Waals surface area contributed by atoms with Gasteiger partial charge in [0.15, 0.2) is 0 Å². The Kier molecular flexibility index (Phi) is 2.94. The second kappa shape index (κ2) is 4.80. The summed E-state index contributed by atoms with van der Waals surface area (Å²) in [6, 6.07) is 15.9. The van der Waals surface area contributed by atoms with Gasteiger partial charge in [-0.3, -0.25) is 0 Å². The first kappa shape index (κ1) is 12.2. The molecule has 2 aromatic carbocycles. The summed E-state index contributed by atoms with van der Waals surface area (Å²) in [5.74, 6) is 0.0393. The molecule has 2 heterocycles. The van der Waals surface area contributed by atoms with Gasteiger partial charge in [0.05, 0.1) is 0 Å². The molecule has 0 aliphatic rings. The number of hydrogen-bond donors (Lipinski definition) is 0. The molecular formula is C15H8N2OSe2. The van der Waals surface area contributed by atoms with Gasteiger partial charge < -0.3 is 0 Å². The van der Waals surface area contributed by atoms with E-state index in [1.54, 1.807) is 0 Å². The van der Waals surface area contributed by atoms with Crippen molar-refractivity contribution in [3.05, 3.63) is 57.7 Å². The van der Waals surface area contributed by atoms with Crippen LogP contribution in [-0.4, -0.2) is 44.8 Å². The van der Waals surface area contributed by atoms with Crippen LogP contribution in [0.1, 0.15) is 13.9 Å². The van der Waals surface area contributed by atoms with E-state index in [4.69, 9.17) is 0 Å². The number of para-hydroxylation sites is 2. The van der Waals surface area contributed by atoms with Gasteiger partial charge in [-0.2, -0.15) is 0 Å². The first-order chi connectivity index (χ1) is 9.81. The van der Waals surface area contributed by atoms with Gasteiger partial charge >= 0.3 is 127 Å². The Morgan fingerprint density at radius 1 is 0.750 bits per heavy atom. The van der Waals surface area contributed by atoms with E-state index in [1.807, 2.05) is 36.4 Å². The Morgan fingerprint density at radius 3 is 1.65 bits per heavy atom. The summed E-state index contributed by atoms with van der Waals surface area (Å²) < 4.78 is 3.75. The van der Waals surface area contributed by atoms with Crippen molar-refractivity contribution in [1.29, 1.82) is 0 Å². The summed E-state index contributed by atoms with van der Waals surface area (Å²) in [6.07, 6.45) is 0. The first-order valence-electron chi connectivity index (χ1n) is 6.07. The van der Waals surface area contributed by atoms with Gasteiger partial charge in [-0.1, -0.05) is 0 Å². The van der Waals surface area contributed by atoms with Crippen LogP contribution in [0.5, 0.6) is 0 Å². The van der Waals surface area contributed by atoms with Crippen molar-refractivity contribution in [3.8, 4) is 0 Å². The molecule has 0 fully saturated rings. The topological polar surface area (TPSA) is 42.9 Å². The fraction of sp³-hybridized carbons (Fsp3) is 0. The van der Waals surface area contributed by atoms with Gasteiger partial charge in [-0.25, -0.2) is 0 Å². The molecule has 0 amide bonds. The van der Waals surface area contributed by atoms with Crippen LogP contribution in [0, 0.1) is 0 Å². The Labute approximate surface area is 126 Å². The van der Waals surface area contributed by atoms with Crippen LogP contribution in [0.15, 0.2) is 48.5 Å². The van der Waals surface area contributed by atoms with Crippen LogP contribution < -0.4 is 0 Å². The average molecular weight is 390 g/mol. The molecule has 0 bridgehead atoms. The molecule has 0 saturated carbocycles. The molecular weight excluding hydrogens is 382 g/mol. The monoisotopic (exact) mass is 392 g/mol. The predicted molar refractivity (Wildman–Crippen MR) is 80.8 cm³/mol. The van der Waals surface area contributed by atoms with E-state index >= 15 is 0 Å². The van der Waals surface area contributed by atoms with Crippen molar-refractivity contribution in [2.24, 2.45) is 0 Å². The number of rotatable bonds is 2. The zero-order valence-corrected chi connectivity index (χ0v) is 13.7. The molecule has 0 unspecified atom stereocenters. The van der Waals surface area contributed by atoms with Gasteiger partial charge in [-0.15, -0.1) is 0 Å². The van der Waals surface area contributed by atoms with Crippen molar-refractivity contribution in [2.45, 2.75) is 0 Å². The molecule has 0 N–H and O–H groups in total. The predicted octanol–water partition coefficient (Wildman–Crippen LogP) is 2.13. The number of nitrogens with zero attached hydrogens (tertiary/aromatic N) is 2. The third-order valence-corrected chi connectivity index (χ3v) is 7.32. The molecule has 96 valence electrons. The Hall–Kier alpha value is -1.51. The molecule has 0 spiro atoms. The van der Waals surface area contributed by atoms with Crippen molar-refractivity contribution in [1.82, 2.24) is 9.97 Å². The molecule has 20 heavy (non-hydrogen) atoms. The Bertz CT molecular complexity index is 797. The summed E-state index contributed by atoms with van der Waals surface area (Å²) in [7, 11) is 0. The summed E-state index contributed by atoms with van der Waals surface area (Å²) in [6.45, 7) is 0. The van der Waals surface area contributed by atoms with Crippen LogP contribution in [0.3, 0.4) is 0 Å². The van der Waals surface area contributed by atoms with E-state index in [0.29, 0.717) is 9.14 Å². The molecule has 0 aliphatic heterocycles. The number of carbonyl (C=O) groups excluding carboxylic acids is 1. The number of carbonyl (C=O) groups is 1. The van der Waals surface area contributed by atoms with Crippen molar-refractivity contribution >= 4 is 54.3 Å². The normalized spacial score (nSPS) is 11.2. The molecule has 0 saturated heterocycles. The van der Waals surface area contributed by atoms with Gasteiger partial charge in [0.2, 0.25) is 0 Å². The number of hydrogen-bond acceptors (Lipinski definition) is 3. The molecule has 5 heteroatoms. The third kappa shape index (κ3) is 2.00. The van der Waals surface area contributed by atoms with Gasteiger partial charge in [0.25, 0.3) is 0 Å². The molecule has 4 rings (SSSR count). The standard InChI is InChI=1S/C15H8N2OSe2/c18-13(14-16-9-5-1-3-7-11(9)19-14)15-17-10-6-2-4-8-12(10)20-15/h1-8H. The van der Waals surface area contributed by atoms with E-state index < -0.39 is 0 Å². The first-order valence-corrected chi connectivity index (χ1v) is 9.50. The number of ketones is 1. The zero-order chi connectivity index (χ0) is 13.5. The van der Waals surface area contributed by atoms with Crippen LogP contribution in [0.2, 0.25) is 0 Å². The summed E-state index contributed by atoms with van der Waals surface area (Å²) >= 11 is 0.0299. The molecule has 3 nitrogen and oxygen atoms in total. The van der Waals surface area contributed by atoms with E-state index in [9.17, 15) is 4.79 Å². The summed E-state index contributed by atoms with van der Waals surface area (Å²) in [5.41, 5.74) is 1.89. The maximum absolute atomic E-state index is 12.6. The quantitative estimate of drug-likeness (QED) is 0.389. The molecule has 0 atom stereocenters. The molecule has 2 aromatic heterocycles. The van der Waals surface area contributed by atoms with E-state index in [0.717, 1.165) is 11.0 Å². The molecule has 0 aliphatic carbocycles. The van der Waals surface area contributed by atoms with Crippen LogP contribution in [-0.2, 0) is 0 Å². The van der Waals surface area contributed by atoms with Gasteiger partial charge in [0, 0.05) is 0 Å². The second-order valence-electron chi connectivity index (χ2n) is 4.30. The minimum atomic E-state index is 0.0149. The molecule has 4 aromatic rings. The fourth-order valence-electron chi connectivity index (χ4n) is 2.03. The van der Waals surface area contributed by atoms with Gasteiger partial charge in [0.1, 0.15) is 0 Å². The van der Waals surface area contributed by atoms with E-state index in [-0.39, 0.29) is 34.8 Å². The zero-order valence-electron chi connectivity index (χ0n) is 10.2. The van der Waals surface area contributed by atoms with E-state index in [1.165, 1.54) is 8.52 Å². The SMILES string of the molecule is O=C(c1nc2ccccc2[se]1)c1nc2ccccc2[se]1. The third-order valence-electron chi connectivity index (χ3n) is 2.98. The van der Waals surface area contributed by atoms with Crippen molar-refractivity contribution in [3.63, 3.8) is 0 Å². The van der Waals surface area contributed by atoms with E-state index in [2.05, 4.69) is 22.1 Å². The van der Waals surface area contributed by atoms with Gasteiger partial charge in [-0.05, 0) is 0 Å². The Balaban J connectivity index is 1.82. The van der Waals surface area contributed by atoms with Crippen molar-refractivity contribution < 1.29 is 4.79 Å². The minimum absolute atomic E-state index is 0.0149. The summed E-state index contributed by atoms with van der Waals surface area (Å²) in [4.78, 5) is 21.5. The summed E-state index contributed by atoms with van der Waals surface area (Å²) in [5, 5.41) is 0. The average Bonchev–Trinajstić information content (AvgIpc) is 3.10. The molecule has 0 radical (unpaired) electrons. The maximum atomic E-state index is 12.6. The van der Waals surface area contributed by atoms with Crippen molar-refractivity contribution in [2.75, 3.05) is 0 Å². The van der Waals surface area contributed by atoms with Crippen LogP contribution in [0.4, 0.5) is 0 Å². The number of fused-ring (bicyclic) bond motifs is 2. The van der Waals surface area contributed by atoms with Crippen LogP contribution in [0.25, 0.3) is 19.6 Å². The Morgan fingerprint density at radius 2 is 1.20 bits per heavy atom. The second-order valence-corrected chi connectivity index (χ2v) is 8.63. The van der Waals surface area contributed by atoms with Crippen LogP contribution >= 0.6 is 0 Å².